The van der Waals surface area contributed by atoms with Crippen molar-refractivity contribution in [3.63, 3.8) is 0 Å². The summed E-state index contributed by atoms with van der Waals surface area (Å²) in [5.74, 6) is 0.0231. The molecular formula is C22H19ClFN3O2S. The zero-order valence-corrected chi connectivity index (χ0v) is 17.8. The van der Waals surface area contributed by atoms with Gasteiger partial charge < -0.3 is 9.64 Å². The van der Waals surface area contributed by atoms with Gasteiger partial charge in [-0.25, -0.2) is 4.39 Å². The molecule has 2 heterocycles. The molecule has 4 rings (SSSR count). The molecule has 2 aromatic rings. The minimum Gasteiger partial charge on any atom is -0.494 e. The van der Waals surface area contributed by atoms with Crippen molar-refractivity contribution in [1.82, 2.24) is 4.90 Å². The summed E-state index contributed by atoms with van der Waals surface area (Å²) in [7, 11) is 0. The molecule has 8 heteroatoms. The first-order valence-corrected chi connectivity index (χ1v) is 10.9. The van der Waals surface area contributed by atoms with E-state index >= 15 is 0 Å². The van der Waals surface area contributed by atoms with Crippen molar-refractivity contribution in [1.29, 1.82) is 5.26 Å². The number of benzene rings is 2. The average molecular weight is 444 g/mol. The number of carbonyl (C=O) groups excluding carboxylic acids is 1. The van der Waals surface area contributed by atoms with Gasteiger partial charge in [0.15, 0.2) is 0 Å². The standard InChI is InChI=1S/C22H19ClFN3O2S/c1-2-29-15-8-6-14(7-9-15)26-12-27-20(28)10-16(17(11-25)22(27)30-13-26)21-18(23)4-3-5-19(21)24/h3-9,16H,2,10,12-13H2,1H3/t16-/m1/s1. The predicted octanol–water partition coefficient (Wildman–Crippen LogP) is 5.10. The first-order valence-electron chi connectivity index (χ1n) is 9.52. The van der Waals surface area contributed by atoms with Crippen molar-refractivity contribution in [3.8, 4) is 11.8 Å². The van der Waals surface area contributed by atoms with E-state index in [4.69, 9.17) is 16.3 Å². The highest BCUT2D eigenvalue weighted by Gasteiger charge is 2.39. The first-order chi connectivity index (χ1) is 14.5. The van der Waals surface area contributed by atoms with E-state index in [0.29, 0.717) is 29.8 Å². The third kappa shape index (κ3) is 3.73. The van der Waals surface area contributed by atoms with Crippen LogP contribution in [0.25, 0.3) is 0 Å². The number of thioether (sulfide) groups is 1. The molecule has 154 valence electrons. The molecule has 1 saturated heterocycles. The number of hydrogen-bond donors (Lipinski definition) is 0. The fourth-order valence-electron chi connectivity index (χ4n) is 3.74. The van der Waals surface area contributed by atoms with Crippen molar-refractivity contribution in [2.45, 2.75) is 19.3 Å². The van der Waals surface area contributed by atoms with Gasteiger partial charge in [-0.05, 0) is 43.3 Å². The van der Waals surface area contributed by atoms with E-state index < -0.39 is 11.7 Å². The van der Waals surface area contributed by atoms with Crippen LogP contribution >= 0.6 is 23.4 Å². The summed E-state index contributed by atoms with van der Waals surface area (Å²) in [6.07, 6.45) is 0.00469. The number of carbonyl (C=O) groups is 1. The molecule has 0 bridgehead atoms. The van der Waals surface area contributed by atoms with Gasteiger partial charge in [-0.2, -0.15) is 5.26 Å². The van der Waals surface area contributed by atoms with Gasteiger partial charge in [0.25, 0.3) is 0 Å². The van der Waals surface area contributed by atoms with Crippen LogP contribution in [0.4, 0.5) is 10.1 Å². The van der Waals surface area contributed by atoms with Gasteiger partial charge in [0.05, 0.1) is 35.8 Å². The predicted molar refractivity (Wildman–Crippen MR) is 116 cm³/mol. The molecule has 30 heavy (non-hydrogen) atoms. The SMILES string of the molecule is CCOc1ccc(N2CSC3=C(C#N)[C@H](c4c(F)cccc4Cl)CC(=O)N3C2)cc1. The highest BCUT2D eigenvalue weighted by Crippen LogP contribution is 2.45. The smallest absolute Gasteiger partial charge is 0.229 e. The highest BCUT2D eigenvalue weighted by molar-refractivity contribution is 8.03. The lowest BCUT2D eigenvalue weighted by Crippen LogP contribution is -2.47. The van der Waals surface area contributed by atoms with E-state index in [1.165, 1.54) is 23.9 Å². The number of nitrogens with zero attached hydrogens (tertiary/aromatic N) is 3. The van der Waals surface area contributed by atoms with Crippen LogP contribution in [0.5, 0.6) is 5.75 Å². The van der Waals surface area contributed by atoms with Crippen LogP contribution in [0.15, 0.2) is 53.1 Å². The highest BCUT2D eigenvalue weighted by atomic mass is 35.5. The molecule has 2 aliphatic rings. The normalized spacial score (nSPS) is 18.9. The summed E-state index contributed by atoms with van der Waals surface area (Å²) in [5, 5.41) is 10.7. The molecule has 0 unspecified atom stereocenters. The Kier molecular flexibility index (Phi) is 5.89. The number of ether oxygens (including phenoxy) is 1. The quantitative estimate of drug-likeness (QED) is 0.658. The Bertz CT molecular complexity index is 1030. The topological polar surface area (TPSA) is 56.6 Å². The Labute approximate surface area is 183 Å². The molecule has 0 aliphatic carbocycles. The van der Waals surface area contributed by atoms with Crippen molar-refractivity contribution in [3.05, 3.63) is 69.5 Å². The fraction of sp³-hybridized carbons (Fsp3) is 0.273. The molecule has 1 amide bonds. The lowest BCUT2D eigenvalue weighted by Gasteiger charge is -2.42. The van der Waals surface area contributed by atoms with Crippen LogP contribution in [0.2, 0.25) is 5.02 Å². The summed E-state index contributed by atoms with van der Waals surface area (Å²) in [4.78, 5) is 16.6. The second kappa shape index (κ2) is 8.58. The Hall–Kier alpha value is -2.69. The lowest BCUT2D eigenvalue weighted by molar-refractivity contribution is -0.129. The van der Waals surface area contributed by atoms with Crippen molar-refractivity contribution in [2.24, 2.45) is 0 Å². The average Bonchev–Trinajstić information content (AvgIpc) is 2.74. The fourth-order valence-corrected chi connectivity index (χ4v) is 5.20. The Morgan fingerprint density at radius 1 is 1.30 bits per heavy atom. The number of hydrogen-bond acceptors (Lipinski definition) is 5. The number of fused-ring (bicyclic) bond motifs is 1. The number of halogens is 2. The second-order valence-electron chi connectivity index (χ2n) is 6.93. The van der Waals surface area contributed by atoms with E-state index in [0.717, 1.165) is 11.4 Å². The monoisotopic (exact) mass is 443 g/mol. The molecule has 2 aromatic carbocycles. The molecule has 2 aliphatic heterocycles. The van der Waals surface area contributed by atoms with Gasteiger partial charge in [0.2, 0.25) is 5.91 Å². The summed E-state index contributed by atoms with van der Waals surface area (Å²) in [6.45, 7) is 2.86. The maximum atomic E-state index is 14.5. The van der Waals surface area contributed by atoms with Gasteiger partial charge in [-0.15, -0.1) is 0 Å². The summed E-state index contributed by atoms with van der Waals surface area (Å²) < 4.78 is 20.0. The van der Waals surface area contributed by atoms with Crippen molar-refractivity contribution < 1.29 is 13.9 Å². The van der Waals surface area contributed by atoms with E-state index in [1.807, 2.05) is 36.1 Å². The maximum Gasteiger partial charge on any atom is 0.229 e. The number of allylic oxidation sites excluding steroid dienone is 1. The number of nitriles is 1. The van der Waals surface area contributed by atoms with Crippen LogP contribution in [0.3, 0.4) is 0 Å². The largest absolute Gasteiger partial charge is 0.494 e. The van der Waals surface area contributed by atoms with E-state index in [1.54, 1.807) is 11.0 Å². The van der Waals surface area contributed by atoms with Gasteiger partial charge in [-0.3, -0.25) is 9.69 Å². The summed E-state index contributed by atoms with van der Waals surface area (Å²) in [6, 6.07) is 14.3. The Balaban J connectivity index is 1.64. The van der Waals surface area contributed by atoms with Crippen LogP contribution in [0, 0.1) is 17.1 Å². The number of rotatable bonds is 4. The van der Waals surface area contributed by atoms with Gasteiger partial charge in [-0.1, -0.05) is 29.4 Å². The van der Waals surface area contributed by atoms with Gasteiger partial charge in [0, 0.05) is 28.6 Å². The van der Waals surface area contributed by atoms with Crippen molar-refractivity contribution in [2.75, 3.05) is 24.1 Å². The molecule has 0 spiro atoms. The maximum absolute atomic E-state index is 14.5. The van der Waals surface area contributed by atoms with Crippen LogP contribution in [-0.4, -0.2) is 30.0 Å². The van der Waals surface area contributed by atoms with E-state index in [2.05, 4.69) is 6.07 Å². The van der Waals surface area contributed by atoms with Crippen LogP contribution < -0.4 is 9.64 Å². The third-order valence-corrected chi connectivity index (χ3v) is 6.64. The zero-order valence-electron chi connectivity index (χ0n) is 16.3. The molecule has 0 N–H and O–H groups in total. The minimum atomic E-state index is -0.674. The Morgan fingerprint density at radius 2 is 2.07 bits per heavy atom. The number of anilines is 1. The van der Waals surface area contributed by atoms with Crippen LogP contribution in [0.1, 0.15) is 24.8 Å². The molecule has 0 radical (unpaired) electrons. The molecule has 1 fully saturated rings. The lowest BCUT2D eigenvalue weighted by atomic mass is 9.86. The second-order valence-corrected chi connectivity index (χ2v) is 8.27. The molecule has 5 nitrogen and oxygen atoms in total. The summed E-state index contributed by atoms with van der Waals surface area (Å²) in [5.41, 5.74) is 1.55. The summed E-state index contributed by atoms with van der Waals surface area (Å²) >= 11 is 7.63. The number of amides is 1. The van der Waals surface area contributed by atoms with Gasteiger partial charge in [0.1, 0.15) is 11.6 Å². The van der Waals surface area contributed by atoms with E-state index in [-0.39, 0.29) is 22.9 Å². The van der Waals surface area contributed by atoms with Crippen LogP contribution in [-0.2, 0) is 4.79 Å². The van der Waals surface area contributed by atoms with Crippen molar-refractivity contribution >= 4 is 35.0 Å². The molecular weight excluding hydrogens is 425 g/mol. The molecule has 0 aromatic heterocycles. The van der Waals surface area contributed by atoms with E-state index in [9.17, 15) is 14.4 Å². The minimum absolute atomic E-state index is 0.00469. The third-order valence-electron chi connectivity index (χ3n) is 5.15. The zero-order chi connectivity index (χ0) is 21.3. The van der Waals surface area contributed by atoms with Gasteiger partial charge >= 0.3 is 0 Å². The molecule has 1 atom stereocenters. The Morgan fingerprint density at radius 3 is 2.73 bits per heavy atom. The first kappa shape index (κ1) is 20.6. The molecule has 0 saturated carbocycles.